The van der Waals surface area contributed by atoms with E-state index in [-0.39, 0.29) is 6.04 Å². The molecule has 0 spiro atoms. The zero-order valence-electron chi connectivity index (χ0n) is 9.63. The number of thiophene rings is 1. The van der Waals surface area contributed by atoms with Crippen LogP contribution in [0.2, 0.25) is 0 Å². The van der Waals surface area contributed by atoms with Crippen LogP contribution in [0.1, 0.15) is 18.5 Å². The van der Waals surface area contributed by atoms with Crippen molar-refractivity contribution < 1.29 is 0 Å². The zero-order chi connectivity index (χ0) is 11.8. The predicted octanol–water partition coefficient (Wildman–Crippen LogP) is 3.69. The fourth-order valence-corrected chi connectivity index (χ4v) is 2.84. The lowest BCUT2D eigenvalue weighted by molar-refractivity contribution is 0.821. The number of aromatic nitrogens is 1. The quantitative estimate of drug-likeness (QED) is 0.730. The summed E-state index contributed by atoms with van der Waals surface area (Å²) in [5, 5.41) is 4.27. The molecule has 0 aliphatic heterocycles. The predicted molar refractivity (Wildman–Crippen MR) is 73.3 cm³/mol. The lowest BCUT2D eigenvalue weighted by Gasteiger charge is -2.07. The van der Waals surface area contributed by atoms with Gasteiger partial charge in [-0.25, -0.2) is 0 Å². The third kappa shape index (κ3) is 1.68. The van der Waals surface area contributed by atoms with Crippen LogP contribution in [-0.4, -0.2) is 4.40 Å². The molecule has 0 aliphatic rings. The van der Waals surface area contributed by atoms with Gasteiger partial charge in [-0.2, -0.15) is 11.3 Å². The molecule has 0 saturated carbocycles. The third-order valence-electron chi connectivity index (χ3n) is 2.99. The van der Waals surface area contributed by atoms with E-state index >= 15 is 0 Å². The van der Waals surface area contributed by atoms with Gasteiger partial charge in [0.15, 0.2) is 0 Å². The van der Waals surface area contributed by atoms with Gasteiger partial charge >= 0.3 is 0 Å². The minimum atomic E-state index is 0.0461. The van der Waals surface area contributed by atoms with Crippen molar-refractivity contribution in [1.82, 2.24) is 4.40 Å². The number of hydrogen-bond donors (Lipinski definition) is 1. The fraction of sp³-hybridized carbons (Fsp3) is 0.143. The van der Waals surface area contributed by atoms with E-state index in [2.05, 4.69) is 45.6 Å². The number of nitrogens with two attached hydrogens (primary N) is 1. The summed E-state index contributed by atoms with van der Waals surface area (Å²) in [5.74, 6) is 0. The highest BCUT2D eigenvalue weighted by Gasteiger charge is 2.14. The normalized spacial score (nSPS) is 13.1. The van der Waals surface area contributed by atoms with Crippen LogP contribution in [0.25, 0.3) is 16.8 Å². The summed E-state index contributed by atoms with van der Waals surface area (Å²) >= 11 is 1.71. The molecule has 3 rings (SSSR count). The van der Waals surface area contributed by atoms with Crippen molar-refractivity contribution in [2.75, 3.05) is 0 Å². The highest BCUT2D eigenvalue weighted by molar-refractivity contribution is 7.08. The summed E-state index contributed by atoms with van der Waals surface area (Å²) in [7, 11) is 0. The topological polar surface area (TPSA) is 30.4 Å². The first kappa shape index (κ1) is 10.6. The molecule has 2 nitrogen and oxygen atoms in total. The average molecular weight is 242 g/mol. The van der Waals surface area contributed by atoms with E-state index in [4.69, 9.17) is 5.73 Å². The van der Waals surface area contributed by atoms with Crippen LogP contribution in [0.3, 0.4) is 0 Å². The van der Waals surface area contributed by atoms with E-state index in [0.717, 1.165) is 0 Å². The Morgan fingerprint density at radius 3 is 2.88 bits per heavy atom. The first-order chi connectivity index (χ1) is 8.27. The molecule has 1 unspecified atom stereocenters. The van der Waals surface area contributed by atoms with Crippen LogP contribution >= 0.6 is 11.3 Å². The number of rotatable bonds is 2. The van der Waals surface area contributed by atoms with Gasteiger partial charge in [-0.1, -0.05) is 6.07 Å². The van der Waals surface area contributed by atoms with Gasteiger partial charge in [0.05, 0.1) is 5.69 Å². The summed E-state index contributed by atoms with van der Waals surface area (Å²) in [6.07, 6.45) is 2.09. The third-order valence-corrected chi connectivity index (χ3v) is 3.68. The van der Waals surface area contributed by atoms with E-state index in [0.29, 0.717) is 0 Å². The first-order valence-electron chi connectivity index (χ1n) is 5.65. The van der Waals surface area contributed by atoms with Gasteiger partial charge in [0.1, 0.15) is 0 Å². The lowest BCUT2D eigenvalue weighted by atomic mass is 10.1. The molecular formula is C14H14N2S. The SMILES string of the molecule is CC(N)c1cc2ccccn2c1-c1ccsc1. The van der Waals surface area contributed by atoms with Crippen LogP contribution in [0, 0.1) is 0 Å². The van der Waals surface area contributed by atoms with Crippen molar-refractivity contribution in [2.24, 2.45) is 5.73 Å². The van der Waals surface area contributed by atoms with E-state index < -0.39 is 0 Å². The monoisotopic (exact) mass is 242 g/mol. The summed E-state index contributed by atoms with van der Waals surface area (Å²) < 4.78 is 2.21. The van der Waals surface area contributed by atoms with Gasteiger partial charge in [0.2, 0.25) is 0 Å². The van der Waals surface area contributed by atoms with Crippen molar-refractivity contribution in [3.8, 4) is 11.3 Å². The molecule has 0 aliphatic carbocycles. The highest BCUT2D eigenvalue weighted by atomic mass is 32.1. The van der Waals surface area contributed by atoms with Crippen molar-refractivity contribution in [3.05, 3.63) is 52.9 Å². The number of fused-ring (bicyclic) bond motifs is 1. The second-order valence-corrected chi connectivity index (χ2v) is 5.02. The van der Waals surface area contributed by atoms with Gasteiger partial charge in [-0.05, 0) is 42.1 Å². The minimum absolute atomic E-state index is 0.0461. The molecule has 17 heavy (non-hydrogen) atoms. The minimum Gasteiger partial charge on any atom is -0.324 e. The standard InChI is InChI=1S/C14H14N2S/c1-10(15)13-8-12-4-2-3-6-16(12)14(13)11-5-7-17-9-11/h2-10H,15H2,1H3. The number of pyridine rings is 1. The largest absolute Gasteiger partial charge is 0.324 e. The molecule has 3 heterocycles. The van der Waals surface area contributed by atoms with Crippen molar-refractivity contribution in [2.45, 2.75) is 13.0 Å². The molecule has 3 aromatic rings. The molecule has 3 heteroatoms. The Kier molecular flexibility index (Phi) is 2.50. The lowest BCUT2D eigenvalue weighted by Crippen LogP contribution is -2.05. The fourth-order valence-electron chi connectivity index (χ4n) is 2.20. The molecule has 0 saturated heterocycles. The van der Waals surface area contributed by atoms with Gasteiger partial charge in [0, 0.05) is 28.7 Å². The van der Waals surface area contributed by atoms with Gasteiger partial charge < -0.3 is 10.1 Å². The second kappa shape index (κ2) is 4.02. The summed E-state index contributed by atoms with van der Waals surface area (Å²) in [6, 6.07) is 10.6. The second-order valence-electron chi connectivity index (χ2n) is 4.24. The van der Waals surface area contributed by atoms with Crippen LogP contribution in [0.5, 0.6) is 0 Å². The van der Waals surface area contributed by atoms with Crippen LogP contribution < -0.4 is 5.73 Å². The number of nitrogens with zero attached hydrogens (tertiary/aromatic N) is 1. The molecular weight excluding hydrogens is 228 g/mol. The Morgan fingerprint density at radius 1 is 1.29 bits per heavy atom. The van der Waals surface area contributed by atoms with Crippen LogP contribution in [0.15, 0.2) is 47.3 Å². The summed E-state index contributed by atoms with van der Waals surface area (Å²) in [4.78, 5) is 0. The molecule has 3 aromatic heterocycles. The van der Waals surface area contributed by atoms with E-state index in [1.54, 1.807) is 11.3 Å². The van der Waals surface area contributed by atoms with Gasteiger partial charge in [-0.15, -0.1) is 0 Å². The Balaban J connectivity index is 2.36. The summed E-state index contributed by atoms with van der Waals surface area (Å²) in [6.45, 7) is 2.03. The molecule has 0 bridgehead atoms. The van der Waals surface area contributed by atoms with Crippen molar-refractivity contribution >= 4 is 16.9 Å². The molecule has 1 atom stereocenters. The molecule has 2 N–H and O–H groups in total. The molecule has 0 radical (unpaired) electrons. The number of hydrogen-bond acceptors (Lipinski definition) is 2. The Bertz CT molecular complexity index is 635. The maximum absolute atomic E-state index is 6.07. The highest BCUT2D eigenvalue weighted by Crippen LogP contribution is 2.32. The van der Waals surface area contributed by atoms with Crippen LogP contribution in [0.4, 0.5) is 0 Å². The Hall–Kier alpha value is -1.58. The van der Waals surface area contributed by atoms with Gasteiger partial charge in [-0.3, -0.25) is 0 Å². The average Bonchev–Trinajstić information content (AvgIpc) is 2.94. The van der Waals surface area contributed by atoms with E-state index in [9.17, 15) is 0 Å². The molecule has 0 amide bonds. The smallest absolute Gasteiger partial charge is 0.0584 e. The van der Waals surface area contributed by atoms with Crippen molar-refractivity contribution in [3.63, 3.8) is 0 Å². The van der Waals surface area contributed by atoms with Crippen molar-refractivity contribution in [1.29, 1.82) is 0 Å². The molecule has 86 valence electrons. The Morgan fingerprint density at radius 2 is 2.18 bits per heavy atom. The van der Waals surface area contributed by atoms with Gasteiger partial charge in [0.25, 0.3) is 0 Å². The molecule has 0 aromatic carbocycles. The van der Waals surface area contributed by atoms with E-state index in [1.807, 2.05) is 13.0 Å². The maximum atomic E-state index is 6.07. The van der Waals surface area contributed by atoms with Crippen LogP contribution in [-0.2, 0) is 0 Å². The summed E-state index contributed by atoms with van der Waals surface area (Å²) in [5.41, 5.74) is 10.9. The van der Waals surface area contributed by atoms with E-state index in [1.165, 1.54) is 22.3 Å². The zero-order valence-corrected chi connectivity index (χ0v) is 10.4. The maximum Gasteiger partial charge on any atom is 0.0584 e. The first-order valence-corrected chi connectivity index (χ1v) is 6.60. The molecule has 0 fully saturated rings. The Labute approximate surface area is 104 Å².